The zero-order valence-electron chi connectivity index (χ0n) is 12.9. The fourth-order valence-electron chi connectivity index (χ4n) is 2.23. The summed E-state index contributed by atoms with van der Waals surface area (Å²) < 4.78 is 11.4. The standard InChI is InChI=1S/C18H9Br2ClO5/c19-11-5-10-6-13(18(24)26-16(10)14(20)7-11)17(23)25-8-15(22)9-1-3-12(21)4-2-9/h1-7H,8H2. The first kappa shape index (κ1) is 18.8. The van der Waals surface area contributed by atoms with Crippen LogP contribution in [0, 0.1) is 0 Å². The van der Waals surface area contributed by atoms with E-state index in [9.17, 15) is 14.4 Å². The monoisotopic (exact) mass is 498 g/mol. The minimum atomic E-state index is -0.931. The summed E-state index contributed by atoms with van der Waals surface area (Å²) in [6.07, 6.45) is 0. The molecule has 0 spiro atoms. The van der Waals surface area contributed by atoms with Crippen molar-refractivity contribution in [3.05, 3.63) is 78.0 Å². The number of hydrogen-bond acceptors (Lipinski definition) is 5. The highest BCUT2D eigenvalue weighted by Crippen LogP contribution is 2.28. The van der Waals surface area contributed by atoms with Crippen LogP contribution in [-0.4, -0.2) is 18.4 Å². The Morgan fingerprint density at radius 2 is 1.77 bits per heavy atom. The quantitative estimate of drug-likeness (QED) is 0.286. The van der Waals surface area contributed by atoms with Gasteiger partial charge in [-0.05, 0) is 58.4 Å². The highest BCUT2D eigenvalue weighted by molar-refractivity contribution is 9.11. The average Bonchev–Trinajstić information content (AvgIpc) is 2.60. The number of Topliss-reactive ketones (excluding diaryl/α,β-unsaturated/α-hetero) is 1. The number of ketones is 1. The predicted octanol–water partition coefficient (Wildman–Crippen LogP) is 5.01. The van der Waals surface area contributed by atoms with E-state index in [0.29, 0.717) is 26.0 Å². The van der Waals surface area contributed by atoms with Crippen LogP contribution in [-0.2, 0) is 4.74 Å². The van der Waals surface area contributed by atoms with Crippen molar-refractivity contribution in [2.24, 2.45) is 0 Å². The summed E-state index contributed by atoms with van der Waals surface area (Å²) in [7, 11) is 0. The zero-order chi connectivity index (χ0) is 18.8. The minimum Gasteiger partial charge on any atom is -0.453 e. The van der Waals surface area contributed by atoms with E-state index in [-0.39, 0.29) is 5.56 Å². The minimum absolute atomic E-state index is 0.286. The van der Waals surface area contributed by atoms with Crippen LogP contribution < -0.4 is 5.63 Å². The maximum Gasteiger partial charge on any atom is 0.351 e. The van der Waals surface area contributed by atoms with Crippen molar-refractivity contribution in [2.45, 2.75) is 0 Å². The summed E-state index contributed by atoms with van der Waals surface area (Å²) >= 11 is 12.4. The van der Waals surface area contributed by atoms with Gasteiger partial charge in [-0.15, -0.1) is 0 Å². The zero-order valence-corrected chi connectivity index (χ0v) is 16.9. The third-order valence-corrected chi connectivity index (χ3v) is 4.77. The molecule has 0 aliphatic rings. The number of hydrogen-bond donors (Lipinski definition) is 0. The van der Waals surface area contributed by atoms with E-state index >= 15 is 0 Å². The Kier molecular flexibility index (Phi) is 5.60. The van der Waals surface area contributed by atoms with Gasteiger partial charge in [0.2, 0.25) is 0 Å². The van der Waals surface area contributed by atoms with Gasteiger partial charge < -0.3 is 9.15 Å². The summed E-state index contributed by atoms with van der Waals surface area (Å²) in [4.78, 5) is 36.3. The predicted molar refractivity (Wildman–Crippen MR) is 104 cm³/mol. The van der Waals surface area contributed by atoms with Gasteiger partial charge in [0.15, 0.2) is 18.0 Å². The molecule has 0 N–H and O–H groups in total. The average molecular weight is 501 g/mol. The van der Waals surface area contributed by atoms with Crippen molar-refractivity contribution in [2.75, 3.05) is 6.61 Å². The van der Waals surface area contributed by atoms with E-state index in [1.165, 1.54) is 18.2 Å². The van der Waals surface area contributed by atoms with Crippen LogP contribution in [0.4, 0.5) is 0 Å². The molecule has 1 heterocycles. The molecular formula is C18H9Br2ClO5. The fourth-order valence-corrected chi connectivity index (χ4v) is 3.69. The number of rotatable bonds is 4. The number of benzene rings is 2. The van der Waals surface area contributed by atoms with E-state index in [1.807, 2.05) is 0 Å². The molecule has 0 amide bonds. The second-order valence-corrected chi connectivity index (χ2v) is 7.47. The SMILES string of the molecule is O=C(COC(=O)c1cc2cc(Br)cc(Br)c2oc1=O)c1ccc(Cl)cc1. The molecule has 2 aromatic carbocycles. The van der Waals surface area contributed by atoms with Gasteiger partial charge in [0.05, 0.1) is 4.47 Å². The van der Waals surface area contributed by atoms with Gasteiger partial charge >= 0.3 is 11.6 Å². The Bertz CT molecular complexity index is 1070. The highest BCUT2D eigenvalue weighted by Gasteiger charge is 2.18. The molecule has 0 bridgehead atoms. The lowest BCUT2D eigenvalue weighted by atomic mass is 10.1. The molecule has 0 aliphatic heterocycles. The van der Waals surface area contributed by atoms with Crippen molar-refractivity contribution < 1.29 is 18.7 Å². The molecule has 0 aliphatic carbocycles. The van der Waals surface area contributed by atoms with Crippen molar-refractivity contribution in [3.8, 4) is 0 Å². The van der Waals surface area contributed by atoms with Gasteiger partial charge in [0.1, 0.15) is 5.56 Å². The van der Waals surface area contributed by atoms with Crippen molar-refractivity contribution in [1.29, 1.82) is 0 Å². The summed E-state index contributed by atoms with van der Waals surface area (Å²) in [5, 5.41) is 1.02. The lowest BCUT2D eigenvalue weighted by Gasteiger charge is -2.06. The van der Waals surface area contributed by atoms with Crippen LogP contribution in [0.2, 0.25) is 5.02 Å². The molecule has 26 heavy (non-hydrogen) atoms. The van der Waals surface area contributed by atoms with Crippen LogP contribution in [0.5, 0.6) is 0 Å². The Balaban J connectivity index is 1.81. The van der Waals surface area contributed by atoms with E-state index in [2.05, 4.69) is 31.9 Å². The molecule has 0 unspecified atom stereocenters. The van der Waals surface area contributed by atoms with Gasteiger partial charge in [0.25, 0.3) is 0 Å². The second kappa shape index (κ2) is 7.73. The molecule has 0 radical (unpaired) electrons. The van der Waals surface area contributed by atoms with E-state index < -0.39 is 24.0 Å². The lowest BCUT2D eigenvalue weighted by Crippen LogP contribution is -2.20. The van der Waals surface area contributed by atoms with Crippen LogP contribution in [0.3, 0.4) is 0 Å². The first-order valence-corrected chi connectivity index (χ1v) is 9.20. The first-order valence-electron chi connectivity index (χ1n) is 7.24. The molecule has 0 atom stereocenters. The molecule has 0 saturated heterocycles. The molecule has 132 valence electrons. The van der Waals surface area contributed by atoms with Crippen molar-refractivity contribution in [3.63, 3.8) is 0 Å². The Morgan fingerprint density at radius 3 is 2.46 bits per heavy atom. The molecule has 0 fully saturated rings. The molecule has 0 saturated carbocycles. The number of halogens is 3. The number of fused-ring (bicyclic) bond motifs is 1. The van der Waals surface area contributed by atoms with Crippen LogP contribution in [0.15, 0.2) is 60.6 Å². The van der Waals surface area contributed by atoms with Gasteiger partial charge in [-0.25, -0.2) is 9.59 Å². The summed E-state index contributed by atoms with van der Waals surface area (Å²) in [5.74, 6) is -1.34. The number of carbonyl (C=O) groups excluding carboxylic acids is 2. The summed E-state index contributed by atoms with van der Waals surface area (Å²) in [5.41, 5.74) is -0.469. The fraction of sp³-hybridized carbons (Fsp3) is 0.0556. The number of ether oxygens (including phenoxy) is 1. The van der Waals surface area contributed by atoms with Gasteiger partial charge in [-0.3, -0.25) is 4.79 Å². The largest absolute Gasteiger partial charge is 0.453 e. The van der Waals surface area contributed by atoms with Crippen LogP contribution in [0.25, 0.3) is 11.0 Å². The highest BCUT2D eigenvalue weighted by atomic mass is 79.9. The molecule has 3 rings (SSSR count). The number of carbonyl (C=O) groups is 2. The maximum atomic E-state index is 12.2. The molecular weight excluding hydrogens is 491 g/mol. The van der Waals surface area contributed by atoms with E-state index in [1.54, 1.807) is 24.3 Å². The maximum absolute atomic E-state index is 12.2. The van der Waals surface area contributed by atoms with Crippen molar-refractivity contribution >= 4 is 66.2 Å². The summed E-state index contributed by atoms with van der Waals surface area (Å²) in [6, 6.07) is 10.9. The smallest absolute Gasteiger partial charge is 0.351 e. The second-order valence-electron chi connectivity index (χ2n) is 5.26. The summed E-state index contributed by atoms with van der Waals surface area (Å²) in [6.45, 7) is -0.500. The third kappa shape index (κ3) is 4.06. The Morgan fingerprint density at radius 1 is 1.08 bits per heavy atom. The Labute approximate surface area is 169 Å². The lowest BCUT2D eigenvalue weighted by molar-refractivity contribution is 0.0470. The third-order valence-electron chi connectivity index (χ3n) is 3.47. The molecule has 5 nitrogen and oxygen atoms in total. The van der Waals surface area contributed by atoms with E-state index in [4.69, 9.17) is 20.8 Å². The van der Waals surface area contributed by atoms with Crippen LogP contribution in [0.1, 0.15) is 20.7 Å². The van der Waals surface area contributed by atoms with E-state index in [0.717, 1.165) is 4.47 Å². The van der Waals surface area contributed by atoms with Crippen LogP contribution >= 0.6 is 43.5 Å². The Hall–Kier alpha value is -1.96. The van der Waals surface area contributed by atoms with Gasteiger partial charge in [0, 0.05) is 20.4 Å². The van der Waals surface area contributed by atoms with Gasteiger partial charge in [-0.1, -0.05) is 27.5 Å². The topological polar surface area (TPSA) is 73.6 Å². The first-order chi connectivity index (χ1) is 12.3. The number of esters is 1. The molecule has 3 aromatic rings. The molecule has 1 aromatic heterocycles. The molecule has 8 heteroatoms. The van der Waals surface area contributed by atoms with Gasteiger partial charge in [-0.2, -0.15) is 0 Å². The van der Waals surface area contributed by atoms with Crippen molar-refractivity contribution in [1.82, 2.24) is 0 Å². The normalized spacial score (nSPS) is 10.7.